The Morgan fingerprint density at radius 2 is 1.82 bits per heavy atom. The van der Waals surface area contributed by atoms with Gasteiger partial charge in [-0.3, -0.25) is 0 Å². The molecule has 1 aromatic carbocycles. The summed E-state index contributed by atoms with van der Waals surface area (Å²) in [7, 11) is 11.8. The van der Waals surface area contributed by atoms with Crippen molar-refractivity contribution in [1.29, 1.82) is 0 Å². The minimum atomic E-state index is -1.83. The summed E-state index contributed by atoms with van der Waals surface area (Å²) in [6, 6.07) is 9.37. The number of benzene rings is 1. The van der Waals surface area contributed by atoms with Gasteiger partial charge in [-0.05, 0) is 0 Å². The van der Waals surface area contributed by atoms with E-state index in [0.29, 0.717) is 5.82 Å². The van der Waals surface area contributed by atoms with E-state index in [0.717, 1.165) is 10.0 Å². The summed E-state index contributed by atoms with van der Waals surface area (Å²) < 4.78 is 0.994. The fourth-order valence-corrected chi connectivity index (χ4v) is 3.21. The Labute approximate surface area is 112 Å². The molecule has 0 bridgehead atoms. The zero-order chi connectivity index (χ0) is 12.3. The van der Waals surface area contributed by atoms with Gasteiger partial charge in [-0.1, -0.05) is 0 Å². The van der Waals surface area contributed by atoms with Gasteiger partial charge in [-0.15, -0.1) is 0 Å². The maximum absolute atomic E-state index is 5.89. The number of anilines is 3. The normalized spacial score (nSPS) is 10.5. The molecule has 0 aliphatic heterocycles. The molecule has 0 unspecified atom stereocenters. The molecule has 0 atom stereocenters. The molecule has 7 heteroatoms. The van der Waals surface area contributed by atoms with Gasteiger partial charge in [0.1, 0.15) is 0 Å². The summed E-state index contributed by atoms with van der Waals surface area (Å²) in [5.74, 6) is 0.886. The first-order valence-corrected chi connectivity index (χ1v) is 10.6. The van der Waals surface area contributed by atoms with Gasteiger partial charge in [0.05, 0.1) is 0 Å². The Morgan fingerprint density at radius 3 is 2.41 bits per heavy atom. The van der Waals surface area contributed by atoms with Gasteiger partial charge in [0, 0.05) is 0 Å². The average Bonchev–Trinajstić information content (AvgIpc) is 2.29. The quantitative estimate of drug-likeness (QED) is 0.845. The van der Waals surface area contributed by atoms with Crippen molar-refractivity contribution in [2.24, 2.45) is 0 Å². The fraction of sp³-hybridized carbons (Fsp3) is 0. The van der Waals surface area contributed by atoms with Crippen LogP contribution in [-0.4, -0.2) is 22.7 Å². The van der Waals surface area contributed by atoms with Crippen LogP contribution in [-0.2, 0) is 0 Å². The number of halogens is 2. The third kappa shape index (κ3) is 3.50. The molecular formula is C10H9AsCl2N4. The van der Waals surface area contributed by atoms with Crippen molar-refractivity contribution >= 4 is 54.5 Å². The summed E-state index contributed by atoms with van der Waals surface area (Å²) in [6.45, 7) is 0. The van der Waals surface area contributed by atoms with Gasteiger partial charge in [0.15, 0.2) is 0 Å². The van der Waals surface area contributed by atoms with Crippen molar-refractivity contribution in [3.8, 4) is 0 Å². The van der Waals surface area contributed by atoms with Crippen LogP contribution < -0.4 is 15.4 Å². The number of nitrogens with two attached hydrogens (primary N) is 1. The second kappa shape index (κ2) is 5.58. The van der Waals surface area contributed by atoms with Crippen LogP contribution >= 0.6 is 19.9 Å². The molecule has 17 heavy (non-hydrogen) atoms. The molecule has 3 N–H and O–H groups in total. The monoisotopic (exact) mass is 330 g/mol. The molecule has 88 valence electrons. The molecule has 0 spiro atoms. The Morgan fingerprint density at radius 1 is 1.12 bits per heavy atom. The summed E-state index contributed by atoms with van der Waals surface area (Å²) in [6.07, 6.45) is 1.60. The van der Waals surface area contributed by atoms with Crippen LogP contribution in [0.5, 0.6) is 0 Å². The van der Waals surface area contributed by atoms with E-state index >= 15 is 0 Å². The molecule has 0 saturated carbocycles. The second-order valence-electron chi connectivity index (χ2n) is 3.20. The van der Waals surface area contributed by atoms with Gasteiger partial charge >= 0.3 is 112 Å². The molecule has 2 rings (SSSR count). The predicted octanol–water partition coefficient (Wildman–Crippen LogP) is 1.98. The van der Waals surface area contributed by atoms with E-state index in [1.54, 1.807) is 12.3 Å². The summed E-state index contributed by atoms with van der Waals surface area (Å²) in [5.41, 5.74) is 6.38. The number of nitrogens with one attached hydrogen (secondary N) is 1. The van der Waals surface area contributed by atoms with Crippen LogP contribution in [0.4, 0.5) is 17.5 Å². The fourth-order valence-electron chi connectivity index (χ4n) is 1.25. The SMILES string of the molecule is Nc1nccc(Nc2ccc([As](Cl)Cl)cc2)n1. The number of rotatable bonds is 3. The molecule has 0 fully saturated rings. The zero-order valence-electron chi connectivity index (χ0n) is 8.64. The number of nitrogen functional groups attached to an aromatic ring is 1. The van der Waals surface area contributed by atoms with Gasteiger partial charge < -0.3 is 0 Å². The van der Waals surface area contributed by atoms with Gasteiger partial charge in [-0.2, -0.15) is 0 Å². The van der Waals surface area contributed by atoms with Crippen molar-refractivity contribution < 1.29 is 0 Å². The molecule has 0 aliphatic carbocycles. The van der Waals surface area contributed by atoms with E-state index in [4.69, 9.17) is 25.6 Å². The van der Waals surface area contributed by atoms with E-state index < -0.39 is 12.8 Å². The number of hydrogen-bond donors (Lipinski definition) is 2. The Balaban J connectivity index is 2.14. The van der Waals surface area contributed by atoms with Crippen molar-refractivity contribution in [3.63, 3.8) is 0 Å². The molecule has 0 radical (unpaired) electrons. The zero-order valence-corrected chi connectivity index (χ0v) is 12.0. The van der Waals surface area contributed by atoms with Crippen LogP contribution in [0.1, 0.15) is 0 Å². The van der Waals surface area contributed by atoms with Crippen LogP contribution in [0, 0.1) is 0 Å². The summed E-state index contributed by atoms with van der Waals surface area (Å²) in [4.78, 5) is 7.85. The number of aromatic nitrogens is 2. The van der Waals surface area contributed by atoms with Gasteiger partial charge in [-0.25, -0.2) is 0 Å². The first kappa shape index (κ1) is 12.5. The molecule has 2 aromatic rings. The van der Waals surface area contributed by atoms with E-state index in [2.05, 4.69) is 15.3 Å². The van der Waals surface area contributed by atoms with E-state index in [-0.39, 0.29) is 5.95 Å². The van der Waals surface area contributed by atoms with E-state index in [1.807, 2.05) is 24.3 Å². The van der Waals surface area contributed by atoms with Crippen molar-refractivity contribution in [2.75, 3.05) is 11.1 Å². The Bertz CT molecular complexity index is 504. The first-order valence-electron chi connectivity index (χ1n) is 4.72. The van der Waals surface area contributed by atoms with Crippen LogP contribution in [0.3, 0.4) is 0 Å². The van der Waals surface area contributed by atoms with Gasteiger partial charge in [0.2, 0.25) is 0 Å². The predicted molar refractivity (Wildman–Crippen MR) is 73.3 cm³/mol. The minimum absolute atomic E-state index is 0.237. The maximum atomic E-state index is 5.89. The first-order chi connectivity index (χ1) is 8.15. The van der Waals surface area contributed by atoms with Crippen LogP contribution in [0.2, 0.25) is 0 Å². The topological polar surface area (TPSA) is 63.8 Å². The molecule has 0 saturated heterocycles. The molecule has 1 heterocycles. The van der Waals surface area contributed by atoms with Crippen LogP contribution in [0.25, 0.3) is 0 Å². The second-order valence-corrected chi connectivity index (χ2v) is 9.68. The molecule has 4 nitrogen and oxygen atoms in total. The number of nitrogens with zero attached hydrogens (tertiary/aromatic N) is 2. The average molecular weight is 331 g/mol. The van der Waals surface area contributed by atoms with E-state index in [1.165, 1.54) is 0 Å². The van der Waals surface area contributed by atoms with Crippen LogP contribution in [0.15, 0.2) is 36.5 Å². The van der Waals surface area contributed by atoms with Crippen molar-refractivity contribution in [3.05, 3.63) is 36.5 Å². The van der Waals surface area contributed by atoms with Gasteiger partial charge in [0.25, 0.3) is 0 Å². The summed E-state index contributed by atoms with van der Waals surface area (Å²) in [5, 5.41) is 3.11. The molecule has 0 aliphatic rings. The molecule has 0 amide bonds. The number of hydrogen-bond acceptors (Lipinski definition) is 4. The molecule has 1 aromatic heterocycles. The Hall–Kier alpha value is -0.962. The molecular weight excluding hydrogens is 322 g/mol. The van der Waals surface area contributed by atoms with E-state index in [9.17, 15) is 0 Å². The Kier molecular flexibility index (Phi) is 4.10. The van der Waals surface area contributed by atoms with Crippen molar-refractivity contribution in [2.45, 2.75) is 0 Å². The third-order valence-corrected chi connectivity index (χ3v) is 5.48. The standard InChI is InChI=1S/C10H9AsCl2N4/c12-11(13)7-1-3-8(4-2-7)16-9-5-6-15-10(14)17-9/h1-6H,(H3,14,15,16,17). The summed E-state index contributed by atoms with van der Waals surface area (Å²) >= 11 is -1.83. The van der Waals surface area contributed by atoms with Crippen molar-refractivity contribution in [1.82, 2.24) is 9.97 Å². The third-order valence-electron chi connectivity index (χ3n) is 2.01.